The molecule has 0 aliphatic heterocycles. The summed E-state index contributed by atoms with van der Waals surface area (Å²) >= 11 is 0. The molecule has 1 unspecified atom stereocenters. The molecule has 0 aliphatic rings. The van der Waals surface area contributed by atoms with Gasteiger partial charge in [0, 0.05) is 18.7 Å². The van der Waals surface area contributed by atoms with Gasteiger partial charge in [0.2, 0.25) is 11.6 Å². The number of nitrogens with zero attached hydrogens (tertiary/aromatic N) is 1. The number of hydrogen-bond acceptors (Lipinski definition) is 8. The van der Waals surface area contributed by atoms with Crippen molar-refractivity contribution in [3.05, 3.63) is 41.6 Å². The van der Waals surface area contributed by atoms with Crippen LogP contribution in [0.25, 0.3) is 0 Å². The van der Waals surface area contributed by atoms with Gasteiger partial charge in [-0.1, -0.05) is 6.07 Å². The zero-order valence-corrected chi connectivity index (χ0v) is 14.8. The molecule has 0 bridgehead atoms. The second-order valence-corrected chi connectivity index (χ2v) is 5.35. The highest BCUT2D eigenvalue weighted by molar-refractivity contribution is 5.91. The van der Waals surface area contributed by atoms with Crippen molar-refractivity contribution in [2.24, 2.45) is 0 Å². The normalized spacial score (nSPS) is 11.5. The molecule has 0 fully saturated rings. The average molecular weight is 363 g/mol. The minimum absolute atomic E-state index is 0.00488. The summed E-state index contributed by atoms with van der Waals surface area (Å²) in [4.78, 5) is 15.9. The number of carbonyl (C=O) groups is 1. The Morgan fingerprint density at radius 2 is 1.88 bits per heavy atom. The Morgan fingerprint density at radius 3 is 2.42 bits per heavy atom. The van der Waals surface area contributed by atoms with Gasteiger partial charge in [-0.05, 0) is 17.7 Å². The van der Waals surface area contributed by atoms with Crippen molar-refractivity contribution in [3.63, 3.8) is 0 Å². The molecule has 0 aliphatic carbocycles. The Hall–Kier alpha value is -3.00. The average Bonchev–Trinajstić information content (AvgIpc) is 2.68. The fraction of sp³-hybridized carbons (Fsp3) is 0.333. The van der Waals surface area contributed by atoms with Gasteiger partial charge in [-0.25, -0.2) is 9.78 Å². The molecule has 2 rings (SSSR count). The molecule has 0 saturated carbocycles. The maximum atomic E-state index is 11.8. The van der Waals surface area contributed by atoms with Gasteiger partial charge in [-0.15, -0.1) is 0 Å². The third-order valence-electron chi connectivity index (χ3n) is 3.65. The van der Waals surface area contributed by atoms with E-state index in [0.29, 0.717) is 12.3 Å². The molecular formula is C18H21NO7. The molecule has 1 heterocycles. The lowest BCUT2D eigenvalue weighted by molar-refractivity contribution is 0.0598. The molecule has 26 heavy (non-hydrogen) atoms. The van der Waals surface area contributed by atoms with Crippen LogP contribution in [0.5, 0.6) is 23.1 Å². The maximum Gasteiger partial charge on any atom is 0.338 e. The number of phenols is 1. The number of rotatable bonds is 8. The predicted octanol–water partition coefficient (Wildman–Crippen LogP) is 1.57. The Balaban J connectivity index is 2.23. The van der Waals surface area contributed by atoms with Crippen molar-refractivity contribution in [1.82, 2.24) is 4.98 Å². The van der Waals surface area contributed by atoms with Gasteiger partial charge >= 0.3 is 5.97 Å². The van der Waals surface area contributed by atoms with Gasteiger partial charge in [0.15, 0.2) is 11.5 Å². The topological polar surface area (TPSA) is 107 Å². The Kier molecular flexibility index (Phi) is 6.62. The fourth-order valence-corrected chi connectivity index (χ4v) is 2.30. The van der Waals surface area contributed by atoms with E-state index in [2.05, 4.69) is 9.72 Å². The maximum absolute atomic E-state index is 11.8. The smallest absolute Gasteiger partial charge is 0.338 e. The van der Waals surface area contributed by atoms with Crippen LogP contribution in [0.1, 0.15) is 15.9 Å². The molecule has 0 amide bonds. The first-order chi connectivity index (χ1) is 12.5. The summed E-state index contributed by atoms with van der Waals surface area (Å²) in [6.45, 7) is -0.309. The zero-order chi connectivity index (χ0) is 19.1. The number of esters is 1. The lowest BCUT2D eigenvalue weighted by Gasteiger charge is -2.19. The molecule has 140 valence electrons. The third-order valence-corrected chi connectivity index (χ3v) is 3.65. The molecule has 1 aromatic heterocycles. The Morgan fingerprint density at radius 1 is 1.15 bits per heavy atom. The predicted molar refractivity (Wildman–Crippen MR) is 92.0 cm³/mol. The number of aliphatic hydroxyl groups is 1. The minimum atomic E-state index is -0.673. The van der Waals surface area contributed by atoms with E-state index in [1.54, 1.807) is 18.3 Å². The summed E-state index contributed by atoms with van der Waals surface area (Å²) in [6.07, 6.45) is 1.27. The molecule has 1 aromatic carbocycles. The largest absolute Gasteiger partial charge is 0.502 e. The number of phenolic OH excluding ortho intramolecular Hbond substituents is 1. The Labute approximate surface area is 150 Å². The molecule has 2 aromatic rings. The molecule has 8 heteroatoms. The second-order valence-electron chi connectivity index (χ2n) is 5.35. The quantitative estimate of drug-likeness (QED) is 0.681. The van der Waals surface area contributed by atoms with Crippen molar-refractivity contribution >= 4 is 5.97 Å². The van der Waals surface area contributed by atoms with Crippen LogP contribution >= 0.6 is 0 Å². The van der Waals surface area contributed by atoms with Gasteiger partial charge < -0.3 is 29.2 Å². The van der Waals surface area contributed by atoms with Crippen LogP contribution < -0.4 is 14.2 Å². The number of carbonyl (C=O) groups excluding carboxylic acids is 1. The number of aromatic hydroxyl groups is 1. The first kappa shape index (κ1) is 19.3. The van der Waals surface area contributed by atoms with E-state index in [-0.39, 0.29) is 29.4 Å². The number of aliphatic hydroxyl groups excluding tert-OH is 1. The summed E-state index contributed by atoms with van der Waals surface area (Å²) in [7, 11) is 4.12. The number of benzene rings is 1. The highest BCUT2D eigenvalue weighted by Crippen LogP contribution is 2.38. The molecule has 0 spiro atoms. The molecule has 8 nitrogen and oxygen atoms in total. The molecule has 0 radical (unpaired) electrons. The van der Waals surface area contributed by atoms with Crippen molar-refractivity contribution in [2.75, 3.05) is 27.9 Å². The van der Waals surface area contributed by atoms with Crippen LogP contribution in [0, 0.1) is 0 Å². The Bertz CT molecular complexity index is 746. The first-order valence-corrected chi connectivity index (χ1v) is 7.78. The fourth-order valence-electron chi connectivity index (χ4n) is 2.30. The van der Waals surface area contributed by atoms with Gasteiger partial charge in [0.25, 0.3) is 0 Å². The van der Waals surface area contributed by atoms with Crippen LogP contribution in [0.3, 0.4) is 0 Å². The minimum Gasteiger partial charge on any atom is -0.502 e. The number of aromatic nitrogens is 1. The van der Waals surface area contributed by atoms with E-state index in [4.69, 9.17) is 14.2 Å². The van der Waals surface area contributed by atoms with Crippen molar-refractivity contribution in [2.45, 2.75) is 12.5 Å². The van der Waals surface area contributed by atoms with Crippen LogP contribution in [0.2, 0.25) is 0 Å². The number of ether oxygens (including phenoxy) is 4. The van der Waals surface area contributed by atoms with E-state index in [1.807, 2.05) is 0 Å². The number of pyridine rings is 1. The first-order valence-electron chi connectivity index (χ1n) is 7.78. The zero-order valence-electron chi connectivity index (χ0n) is 14.8. The molecule has 2 N–H and O–H groups in total. The van der Waals surface area contributed by atoms with E-state index in [0.717, 1.165) is 5.56 Å². The van der Waals surface area contributed by atoms with E-state index in [1.165, 1.54) is 33.5 Å². The van der Waals surface area contributed by atoms with E-state index in [9.17, 15) is 15.0 Å². The molecule has 0 saturated heterocycles. The molecule has 1 atom stereocenters. The van der Waals surface area contributed by atoms with Crippen molar-refractivity contribution in [1.29, 1.82) is 0 Å². The monoisotopic (exact) mass is 363 g/mol. The molecular weight excluding hydrogens is 342 g/mol. The summed E-state index contributed by atoms with van der Waals surface area (Å²) in [5, 5.41) is 19.9. The number of hydrogen-bond donors (Lipinski definition) is 2. The van der Waals surface area contributed by atoms with Crippen LogP contribution in [-0.4, -0.2) is 55.2 Å². The van der Waals surface area contributed by atoms with Gasteiger partial charge in [-0.2, -0.15) is 0 Å². The van der Waals surface area contributed by atoms with Gasteiger partial charge in [0.05, 0.1) is 33.5 Å². The standard InChI is InChI=1S/C18H21NO7/c1-23-14-7-12(18(22)25-3)8-15(17(14)21)26-13(10-20)6-11-4-5-16(24-2)19-9-11/h4-5,7-9,13,20-21H,6,10H2,1-3H3. The van der Waals surface area contributed by atoms with Crippen LogP contribution in [-0.2, 0) is 11.2 Å². The lowest BCUT2D eigenvalue weighted by Crippen LogP contribution is -2.24. The highest BCUT2D eigenvalue weighted by Gasteiger charge is 2.20. The third kappa shape index (κ3) is 4.54. The number of methoxy groups -OCH3 is 3. The second kappa shape index (κ2) is 8.91. The summed E-state index contributed by atoms with van der Waals surface area (Å²) in [6, 6.07) is 6.17. The van der Waals surface area contributed by atoms with E-state index >= 15 is 0 Å². The highest BCUT2D eigenvalue weighted by atomic mass is 16.5. The van der Waals surface area contributed by atoms with E-state index < -0.39 is 12.1 Å². The summed E-state index contributed by atoms with van der Waals surface area (Å²) in [5.41, 5.74) is 0.959. The summed E-state index contributed by atoms with van der Waals surface area (Å²) in [5.74, 6) is -0.334. The van der Waals surface area contributed by atoms with Crippen molar-refractivity contribution in [3.8, 4) is 23.1 Å². The lowest BCUT2D eigenvalue weighted by atomic mass is 10.1. The van der Waals surface area contributed by atoms with Gasteiger partial charge in [-0.3, -0.25) is 0 Å². The van der Waals surface area contributed by atoms with Gasteiger partial charge in [0.1, 0.15) is 6.10 Å². The van der Waals surface area contributed by atoms with Crippen LogP contribution in [0.4, 0.5) is 0 Å². The van der Waals surface area contributed by atoms with Crippen LogP contribution in [0.15, 0.2) is 30.5 Å². The SMILES string of the molecule is COC(=O)c1cc(OC)c(O)c(OC(CO)Cc2ccc(OC)nc2)c1. The summed E-state index contributed by atoms with van der Waals surface area (Å²) < 4.78 is 20.4. The van der Waals surface area contributed by atoms with Crippen molar-refractivity contribution < 1.29 is 34.0 Å².